The van der Waals surface area contributed by atoms with Crippen LogP contribution in [0.4, 0.5) is 0 Å². The zero-order chi connectivity index (χ0) is 23.3. The number of hydrogen-bond donors (Lipinski definition) is 1. The summed E-state index contributed by atoms with van der Waals surface area (Å²) >= 11 is 0. The first-order valence-corrected chi connectivity index (χ1v) is 14.2. The molecule has 1 saturated carbocycles. The van der Waals surface area contributed by atoms with E-state index in [0.717, 1.165) is 30.8 Å². The lowest BCUT2D eigenvalue weighted by molar-refractivity contribution is 0.0699. The number of rotatable bonds is 12. The zero-order valence-electron chi connectivity index (χ0n) is 22.9. The van der Waals surface area contributed by atoms with Gasteiger partial charge in [0.15, 0.2) is 0 Å². The lowest BCUT2D eigenvalue weighted by Gasteiger charge is -2.42. The maximum Gasteiger partial charge on any atom is 0.00728 e. The van der Waals surface area contributed by atoms with Crippen molar-refractivity contribution in [2.24, 2.45) is 23.2 Å². The van der Waals surface area contributed by atoms with Crippen LogP contribution in [0.1, 0.15) is 132 Å². The predicted molar refractivity (Wildman–Crippen MR) is 141 cm³/mol. The van der Waals surface area contributed by atoms with Crippen LogP contribution in [0.15, 0.2) is 0 Å². The van der Waals surface area contributed by atoms with E-state index in [2.05, 4.69) is 65.6 Å². The van der Waals surface area contributed by atoms with Crippen molar-refractivity contribution in [3.63, 3.8) is 0 Å². The van der Waals surface area contributed by atoms with Crippen molar-refractivity contribution in [1.29, 1.82) is 0 Å². The van der Waals surface area contributed by atoms with Crippen LogP contribution >= 0.6 is 0 Å². The summed E-state index contributed by atoms with van der Waals surface area (Å²) in [6, 6.07) is 1.34. The van der Waals surface area contributed by atoms with Crippen LogP contribution in [-0.4, -0.2) is 36.6 Å². The molecule has 4 atom stereocenters. The summed E-state index contributed by atoms with van der Waals surface area (Å²) in [5, 5.41) is 3.55. The molecule has 0 radical (unpaired) electrons. The monoisotopic (exact) mass is 436 g/mol. The first-order chi connectivity index (χ1) is 14.7. The van der Waals surface area contributed by atoms with Gasteiger partial charge in [0.1, 0.15) is 0 Å². The highest BCUT2D eigenvalue weighted by molar-refractivity contribution is 4.85. The van der Waals surface area contributed by atoms with Gasteiger partial charge in [-0.2, -0.15) is 0 Å². The van der Waals surface area contributed by atoms with Crippen molar-refractivity contribution in [2.75, 3.05) is 19.6 Å². The van der Waals surface area contributed by atoms with E-state index in [1.165, 1.54) is 83.6 Å². The molecular weight excluding hydrogens is 376 g/mol. The molecule has 1 rings (SSSR count). The molecule has 0 aliphatic heterocycles. The predicted octanol–water partition coefficient (Wildman–Crippen LogP) is 8.30. The molecule has 2 heteroatoms. The van der Waals surface area contributed by atoms with Crippen molar-refractivity contribution in [2.45, 2.75) is 145 Å². The molecule has 0 spiro atoms. The Morgan fingerprint density at radius 1 is 0.742 bits per heavy atom. The van der Waals surface area contributed by atoms with Crippen molar-refractivity contribution in [3.8, 4) is 0 Å². The van der Waals surface area contributed by atoms with Crippen LogP contribution in [0.25, 0.3) is 0 Å². The third-order valence-electron chi connectivity index (χ3n) is 8.32. The molecule has 0 bridgehead atoms. The topological polar surface area (TPSA) is 15.3 Å². The highest BCUT2D eigenvalue weighted by Crippen LogP contribution is 2.42. The Kier molecular flexibility index (Phi) is 14.7. The molecule has 2 nitrogen and oxygen atoms in total. The third-order valence-corrected chi connectivity index (χ3v) is 8.32. The van der Waals surface area contributed by atoms with E-state index in [-0.39, 0.29) is 0 Å². The van der Waals surface area contributed by atoms with Crippen molar-refractivity contribution >= 4 is 0 Å². The Bertz CT molecular complexity index is 420. The van der Waals surface area contributed by atoms with E-state index >= 15 is 0 Å². The molecule has 186 valence electrons. The smallest absolute Gasteiger partial charge is 0.00728 e. The van der Waals surface area contributed by atoms with Crippen LogP contribution in [0.2, 0.25) is 0 Å². The van der Waals surface area contributed by atoms with Gasteiger partial charge in [0.2, 0.25) is 0 Å². The minimum atomic E-state index is 0.531. The summed E-state index contributed by atoms with van der Waals surface area (Å²) in [6.07, 6.45) is 17.2. The van der Waals surface area contributed by atoms with Gasteiger partial charge in [-0.05, 0) is 75.8 Å². The lowest BCUT2D eigenvalue weighted by Crippen LogP contribution is -2.45. The highest BCUT2D eigenvalue weighted by atomic mass is 15.2. The average molecular weight is 437 g/mol. The normalized spacial score (nSPS) is 22.6. The Morgan fingerprint density at radius 2 is 1.23 bits per heavy atom. The SMILES string of the molecule is CCNCC(C)CC(C)N(CC(C)C)C(C)CC(C)C1(C)CCCCCCCCCC1. The van der Waals surface area contributed by atoms with Gasteiger partial charge < -0.3 is 5.32 Å². The minimum Gasteiger partial charge on any atom is -0.317 e. The van der Waals surface area contributed by atoms with Crippen molar-refractivity contribution in [1.82, 2.24) is 10.2 Å². The van der Waals surface area contributed by atoms with Gasteiger partial charge in [-0.1, -0.05) is 92.9 Å². The summed E-state index contributed by atoms with van der Waals surface area (Å²) in [7, 11) is 0. The largest absolute Gasteiger partial charge is 0.317 e. The second kappa shape index (κ2) is 15.7. The zero-order valence-corrected chi connectivity index (χ0v) is 22.9. The summed E-state index contributed by atoms with van der Waals surface area (Å²) in [6.45, 7) is 23.1. The van der Waals surface area contributed by atoms with Crippen LogP contribution < -0.4 is 5.32 Å². The van der Waals surface area contributed by atoms with Crippen LogP contribution in [0.5, 0.6) is 0 Å². The fraction of sp³-hybridized carbons (Fsp3) is 1.00. The van der Waals surface area contributed by atoms with Gasteiger partial charge in [0.25, 0.3) is 0 Å². The molecule has 4 unspecified atom stereocenters. The Labute approximate surface area is 197 Å². The molecule has 0 aromatic heterocycles. The standard InChI is InChI=1S/C29H60N2/c1-9-30-22-25(4)20-27(6)31(23-24(2)3)28(7)21-26(5)29(8)18-16-14-12-10-11-13-15-17-19-29/h24-28,30H,9-23H2,1-8H3. The minimum absolute atomic E-state index is 0.531. The molecule has 1 fully saturated rings. The van der Waals surface area contributed by atoms with Crippen LogP contribution in [-0.2, 0) is 0 Å². The number of hydrogen-bond acceptors (Lipinski definition) is 2. The highest BCUT2D eigenvalue weighted by Gasteiger charge is 2.33. The molecule has 0 saturated heterocycles. The molecule has 1 aliphatic rings. The summed E-state index contributed by atoms with van der Waals surface area (Å²) < 4.78 is 0. The van der Waals surface area contributed by atoms with Crippen LogP contribution in [0.3, 0.4) is 0 Å². The fourth-order valence-electron chi connectivity index (χ4n) is 6.08. The first-order valence-electron chi connectivity index (χ1n) is 14.2. The van der Waals surface area contributed by atoms with Gasteiger partial charge in [-0.15, -0.1) is 0 Å². The summed E-state index contributed by atoms with van der Waals surface area (Å²) in [4.78, 5) is 2.86. The Balaban J connectivity index is 2.77. The number of nitrogens with zero attached hydrogens (tertiary/aromatic N) is 1. The second-order valence-electron chi connectivity index (χ2n) is 12.1. The van der Waals surface area contributed by atoms with E-state index in [1.807, 2.05) is 0 Å². The fourth-order valence-corrected chi connectivity index (χ4v) is 6.08. The van der Waals surface area contributed by atoms with Gasteiger partial charge in [0.05, 0.1) is 0 Å². The molecule has 0 aromatic carbocycles. The Morgan fingerprint density at radius 3 is 1.71 bits per heavy atom. The average Bonchev–Trinajstić information content (AvgIpc) is 2.75. The maximum absolute atomic E-state index is 3.55. The molecule has 0 heterocycles. The van der Waals surface area contributed by atoms with Crippen LogP contribution in [0, 0.1) is 23.2 Å². The summed E-state index contributed by atoms with van der Waals surface area (Å²) in [5.74, 6) is 2.29. The third kappa shape index (κ3) is 11.6. The van der Waals surface area contributed by atoms with Gasteiger partial charge in [-0.25, -0.2) is 0 Å². The molecule has 1 N–H and O–H groups in total. The first kappa shape index (κ1) is 29.0. The maximum atomic E-state index is 3.55. The Hall–Kier alpha value is -0.0800. The van der Waals surface area contributed by atoms with Crippen molar-refractivity contribution in [3.05, 3.63) is 0 Å². The molecule has 0 aromatic rings. The quantitative estimate of drug-likeness (QED) is 0.331. The van der Waals surface area contributed by atoms with Gasteiger partial charge in [-0.3, -0.25) is 4.90 Å². The van der Waals surface area contributed by atoms with Gasteiger partial charge >= 0.3 is 0 Å². The second-order valence-corrected chi connectivity index (χ2v) is 12.1. The van der Waals surface area contributed by atoms with Crippen molar-refractivity contribution < 1.29 is 0 Å². The van der Waals surface area contributed by atoms with E-state index < -0.39 is 0 Å². The lowest BCUT2D eigenvalue weighted by atomic mass is 9.68. The van der Waals surface area contributed by atoms with Gasteiger partial charge in [0, 0.05) is 18.6 Å². The molecule has 0 amide bonds. The molecular formula is C29H60N2. The summed E-state index contributed by atoms with van der Waals surface area (Å²) in [5.41, 5.74) is 0.531. The van der Waals surface area contributed by atoms with E-state index in [9.17, 15) is 0 Å². The van der Waals surface area contributed by atoms with E-state index in [1.54, 1.807) is 0 Å². The molecule has 1 aliphatic carbocycles. The molecule has 31 heavy (non-hydrogen) atoms. The number of nitrogens with one attached hydrogen (secondary N) is 1. The van der Waals surface area contributed by atoms with E-state index in [4.69, 9.17) is 0 Å². The van der Waals surface area contributed by atoms with E-state index in [0.29, 0.717) is 17.5 Å².